The summed E-state index contributed by atoms with van der Waals surface area (Å²) in [5.41, 5.74) is 6.29. The van der Waals surface area contributed by atoms with Crippen LogP contribution in [0.25, 0.3) is 10.1 Å². The van der Waals surface area contributed by atoms with E-state index >= 15 is 0 Å². The molecule has 1 heterocycles. The van der Waals surface area contributed by atoms with Crippen molar-refractivity contribution < 1.29 is 4.79 Å². The van der Waals surface area contributed by atoms with Crippen molar-refractivity contribution in [2.75, 3.05) is 5.73 Å². The zero-order valence-corrected chi connectivity index (χ0v) is 11.7. The highest BCUT2D eigenvalue weighted by molar-refractivity contribution is 7.20. The Balaban J connectivity index is 2.28. The molecule has 4 heteroatoms. The molecule has 0 saturated carbocycles. The maximum Gasteiger partial charge on any atom is 0.261 e. The highest BCUT2D eigenvalue weighted by Crippen LogP contribution is 2.27. The largest absolute Gasteiger partial charge is 0.399 e. The van der Waals surface area contributed by atoms with Crippen molar-refractivity contribution in [3.63, 3.8) is 0 Å². The number of amides is 1. The monoisotopic (exact) mass is 262 g/mol. The van der Waals surface area contributed by atoms with E-state index in [-0.39, 0.29) is 11.4 Å². The number of anilines is 1. The van der Waals surface area contributed by atoms with Gasteiger partial charge in [0.25, 0.3) is 5.91 Å². The summed E-state index contributed by atoms with van der Waals surface area (Å²) in [6, 6.07) is 7.61. The van der Waals surface area contributed by atoms with Crippen LogP contribution >= 0.6 is 11.3 Å². The molecule has 96 valence electrons. The van der Waals surface area contributed by atoms with Crippen LogP contribution in [0.1, 0.15) is 36.9 Å². The van der Waals surface area contributed by atoms with Gasteiger partial charge in [0.1, 0.15) is 0 Å². The van der Waals surface area contributed by atoms with E-state index in [1.54, 1.807) is 0 Å². The van der Waals surface area contributed by atoms with Gasteiger partial charge < -0.3 is 11.1 Å². The first-order chi connectivity index (χ1) is 8.41. The summed E-state index contributed by atoms with van der Waals surface area (Å²) in [6.07, 6.45) is 0.899. The molecule has 0 fully saturated rings. The Hall–Kier alpha value is -1.55. The molecule has 0 aliphatic carbocycles. The van der Waals surface area contributed by atoms with Gasteiger partial charge in [0.2, 0.25) is 0 Å². The molecule has 1 amide bonds. The molecule has 3 N–H and O–H groups in total. The molecular weight excluding hydrogens is 244 g/mol. The predicted octanol–water partition coefficient (Wildman–Crippen LogP) is 3.40. The normalized spacial score (nSPS) is 11.7. The first-order valence-corrected chi connectivity index (χ1v) is 6.84. The van der Waals surface area contributed by atoms with Crippen LogP contribution in [-0.4, -0.2) is 11.4 Å². The van der Waals surface area contributed by atoms with Crippen LogP contribution in [0, 0.1) is 0 Å². The third-order valence-corrected chi connectivity index (χ3v) is 4.21. The number of fused-ring (bicyclic) bond motifs is 1. The zero-order valence-electron chi connectivity index (χ0n) is 10.9. The second-order valence-corrected chi connectivity index (χ2v) is 6.18. The van der Waals surface area contributed by atoms with Crippen molar-refractivity contribution in [2.24, 2.45) is 0 Å². The van der Waals surface area contributed by atoms with Crippen LogP contribution in [0.5, 0.6) is 0 Å². The van der Waals surface area contributed by atoms with Crippen LogP contribution in [0.4, 0.5) is 5.69 Å². The van der Waals surface area contributed by atoms with Crippen LogP contribution in [0.2, 0.25) is 0 Å². The van der Waals surface area contributed by atoms with Crippen molar-refractivity contribution in [3.05, 3.63) is 29.1 Å². The van der Waals surface area contributed by atoms with Gasteiger partial charge >= 0.3 is 0 Å². The molecule has 0 unspecified atom stereocenters. The number of hydrogen-bond acceptors (Lipinski definition) is 3. The lowest BCUT2D eigenvalue weighted by atomic mass is 10.0. The van der Waals surface area contributed by atoms with Gasteiger partial charge in [-0.1, -0.05) is 6.92 Å². The molecule has 2 aromatic rings. The zero-order chi connectivity index (χ0) is 13.3. The maximum atomic E-state index is 12.1. The molecule has 0 atom stereocenters. The van der Waals surface area contributed by atoms with Crippen molar-refractivity contribution in [3.8, 4) is 0 Å². The van der Waals surface area contributed by atoms with Gasteiger partial charge in [0, 0.05) is 15.9 Å². The summed E-state index contributed by atoms with van der Waals surface area (Å²) in [5, 5.41) is 4.07. The molecular formula is C14H18N2OS. The molecule has 0 aliphatic rings. The number of thiophene rings is 1. The summed E-state index contributed by atoms with van der Waals surface area (Å²) >= 11 is 1.50. The van der Waals surface area contributed by atoms with E-state index in [4.69, 9.17) is 5.73 Å². The van der Waals surface area contributed by atoms with Gasteiger partial charge in [-0.05, 0) is 49.9 Å². The summed E-state index contributed by atoms with van der Waals surface area (Å²) < 4.78 is 1.09. The van der Waals surface area contributed by atoms with Crippen molar-refractivity contribution >= 4 is 33.0 Å². The lowest BCUT2D eigenvalue weighted by molar-refractivity contribution is 0.0915. The smallest absolute Gasteiger partial charge is 0.261 e. The van der Waals surface area contributed by atoms with Crippen LogP contribution < -0.4 is 11.1 Å². The number of hydrogen-bond donors (Lipinski definition) is 2. The van der Waals surface area contributed by atoms with E-state index < -0.39 is 0 Å². The molecule has 2 rings (SSSR count). The second-order valence-electron chi connectivity index (χ2n) is 5.10. The Morgan fingerprint density at radius 3 is 2.78 bits per heavy atom. The standard InChI is InChI=1S/C14H18N2OS/c1-4-14(2,3)16-13(17)12-8-9-7-10(15)5-6-11(9)18-12/h5-8H,4,15H2,1-3H3,(H,16,17). The third-order valence-electron chi connectivity index (χ3n) is 3.10. The number of nitrogens with one attached hydrogen (secondary N) is 1. The molecule has 0 saturated heterocycles. The van der Waals surface area contributed by atoms with Crippen molar-refractivity contribution in [1.29, 1.82) is 0 Å². The van der Waals surface area contributed by atoms with Gasteiger partial charge in [0.15, 0.2) is 0 Å². The Bertz CT molecular complexity index is 586. The van der Waals surface area contributed by atoms with Crippen molar-refractivity contribution in [1.82, 2.24) is 5.32 Å². The predicted molar refractivity (Wildman–Crippen MR) is 78.1 cm³/mol. The summed E-state index contributed by atoms with van der Waals surface area (Å²) in [7, 11) is 0. The van der Waals surface area contributed by atoms with Crippen LogP contribution in [-0.2, 0) is 0 Å². The molecule has 0 aliphatic heterocycles. The fourth-order valence-electron chi connectivity index (χ4n) is 1.63. The van der Waals surface area contributed by atoms with Gasteiger partial charge in [0.05, 0.1) is 4.88 Å². The molecule has 0 radical (unpaired) electrons. The van der Waals surface area contributed by atoms with E-state index in [0.717, 1.165) is 27.1 Å². The highest BCUT2D eigenvalue weighted by Gasteiger charge is 2.20. The second kappa shape index (κ2) is 4.61. The highest BCUT2D eigenvalue weighted by atomic mass is 32.1. The number of benzene rings is 1. The third kappa shape index (κ3) is 2.64. The molecule has 1 aromatic carbocycles. The Labute approximate surface area is 111 Å². The number of carbonyl (C=O) groups is 1. The minimum absolute atomic E-state index is 0.0124. The van der Waals surface area contributed by atoms with E-state index in [0.29, 0.717) is 0 Å². The summed E-state index contributed by atoms with van der Waals surface area (Å²) in [5.74, 6) is -0.0124. The minimum atomic E-state index is -0.174. The SMILES string of the molecule is CCC(C)(C)NC(=O)c1cc2cc(N)ccc2s1. The Morgan fingerprint density at radius 1 is 1.39 bits per heavy atom. The number of nitrogen functional groups attached to an aromatic ring is 1. The van der Waals surface area contributed by atoms with Gasteiger partial charge in [-0.15, -0.1) is 11.3 Å². The fraction of sp³-hybridized carbons (Fsp3) is 0.357. The lowest BCUT2D eigenvalue weighted by Gasteiger charge is -2.23. The van der Waals surface area contributed by atoms with Gasteiger partial charge in [-0.2, -0.15) is 0 Å². The van der Waals surface area contributed by atoms with Crippen LogP contribution in [0.3, 0.4) is 0 Å². The molecule has 18 heavy (non-hydrogen) atoms. The van der Waals surface area contributed by atoms with E-state index in [9.17, 15) is 4.79 Å². The lowest BCUT2D eigenvalue weighted by Crippen LogP contribution is -2.42. The van der Waals surface area contributed by atoms with E-state index in [1.807, 2.05) is 38.1 Å². The molecule has 0 spiro atoms. The topological polar surface area (TPSA) is 55.1 Å². The van der Waals surface area contributed by atoms with E-state index in [2.05, 4.69) is 12.2 Å². The van der Waals surface area contributed by atoms with Crippen molar-refractivity contribution in [2.45, 2.75) is 32.7 Å². The summed E-state index contributed by atoms with van der Waals surface area (Å²) in [6.45, 7) is 6.11. The average molecular weight is 262 g/mol. The molecule has 0 bridgehead atoms. The molecule has 3 nitrogen and oxygen atoms in total. The van der Waals surface area contributed by atoms with E-state index in [1.165, 1.54) is 11.3 Å². The number of rotatable bonds is 3. The van der Waals surface area contributed by atoms with Gasteiger partial charge in [-0.3, -0.25) is 4.79 Å². The fourth-order valence-corrected chi connectivity index (χ4v) is 2.57. The van der Waals surface area contributed by atoms with Crippen LogP contribution in [0.15, 0.2) is 24.3 Å². The first kappa shape index (κ1) is 12.9. The number of carbonyl (C=O) groups excluding carboxylic acids is 1. The maximum absolute atomic E-state index is 12.1. The Morgan fingerprint density at radius 2 is 2.11 bits per heavy atom. The first-order valence-electron chi connectivity index (χ1n) is 6.03. The quantitative estimate of drug-likeness (QED) is 0.833. The number of nitrogens with two attached hydrogens (primary N) is 1. The minimum Gasteiger partial charge on any atom is -0.399 e. The van der Waals surface area contributed by atoms with Gasteiger partial charge in [-0.25, -0.2) is 0 Å². The molecule has 1 aromatic heterocycles. The average Bonchev–Trinajstić information content (AvgIpc) is 2.71. The Kier molecular flexibility index (Phi) is 3.30. The summed E-state index contributed by atoms with van der Waals surface area (Å²) in [4.78, 5) is 12.9.